The molecular weight excluding hydrogens is 103 g/mol. The third-order valence-electron chi connectivity index (χ3n) is 0.346. The van der Waals surface area contributed by atoms with E-state index in [2.05, 4.69) is 4.52 Å². The number of rotatable bonds is 1. The van der Waals surface area contributed by atoms with Gasteiger partial charge >= 0.3 is 7.94 Å². The molecule has 4 heteroatoms. The van der Waals surface area contributed by atoms with Crippen molar-refractivity contribution in [2.24, 2.45) is 0 Å². The summed E-state index contributed by atoms with van der Waals surface area (Å²) in [6.07, 6.45) is 0. The highest BCUT2D eigenvalue weighted by atomic mass is 31.2. The maximum atomic E-state index is 8.27. The first kappa shape index (κ1) is 6.31. The van der Waals surface area contributed by atoms with Crippen molar-refractivity contribution in [3.8, 4) is 0 Å². The summed E-state index contributed by atoms with van der Waals surface area (Å²) in [7, 11) is -1.64. The van der Waals surface area contributed by atoms with Crippen LogP contribution < -0.4 is 0 Å². The molecule has 0 unspecified atom stereocenters. The second-order valence-corrected chi connectivity index (χ2v) is 3.05. The van der Waals surface area contributed by atoms with Crippen LogP contribution in [0.4, 0.5) is 0 Å². The summed E-state index contributed by atoms with van der Waals surface area (Å²) in [5.74, 6) is 0. The van der Waals surface area contributed by atoms with Crippen molar-refractivity contribution in [1.82, 2.24) is 0 Å². The largest absolute Gasteiger partial charge is 0.402 e. The molecule has 0 atom stereocenters. The van der Waals surface area contributed by atoms with E-state index in [1.165, 1.54) is 13.8 Å². The van der Waals surface area contributed by atoms with Gasteiger partial charge < -0.3 is 0 Å². The van der Waals surface area contributed by atoms with E-state index in [4.69, 9.17) is 9.79 Å². The first-order valence-corrected chi connectivity index (χ1v) is 3.50. The predicted molar refractivity (Wildman–Crippen MR) is 24.3 cm³/mol. The lowest BCUT2D eigenvalue weighted by Gasteiger charge is -1.97. The first-order valence-electron chi connectivity index (χ1n) is 1.44. The highest BCUT2D eigenvalue weighted by Crippen LogP contribution is 2.44. The minimum Gasteiger partial charge on any atom is -0.193 e. The Morgan fingerprint density at radius 2 is 1.67 bits per heavy atom. The van der Waals surface area contributed by atoms with Crippen LogP contribution in [-0.4, -0.2) is 23.6 Å². The zero-order valence-electron chi connectivity index (χ0n) is 3.75. The summed E-state index contributed by atoms with van der Waals surface area (Å²) in [5.41, 5.74) is 0. The third-order valence-corrected chi connectivity index (χ3v) is 1.04. The maximum absolute atomic E-state index is 8.27. The van der Waals surface area contributed by atoms with Crippen LogP contribution >= 0.6 is 7.94 Å². The fourth-order valence-electron chi connectivity index (χ4n) is 0. The van der Waals surface area contributed by atoms with E-state index < -0.39 is 7.94 Å². The van der Waals surface area contributed by atoms with Crippen molar-refractivity contribution in [2.45, 2.75) is 0 Å². The molecule has 0 saturated carbocycles. The standard InChI is InChI=1S/C2H8O3P/c1-5-6(2,3)4/h3-4H,1-2H3/q+1. The fraction of sp³-hybridized carbons (Fsp3) is 1.00. The van der Waals surface area contributed by atoms with Crippen molar-refractivity contribution in [1.29, 1.82) is 0 Å². The lowest BCUT2D eigenvalue weighted by Crippen LogP contribution is -1.86. The van der Waals surface area contributed by atoms with Crippen LogP contribution in [0.15, 0.2) is 0 Å². The molecule has 38 valence electrons. The molecule has 2 N–H and O–H groups in total. The predicted octanol–water partition coefficient (Wildman–Crippen LogP) is 0.00980. The molecule has 0 aromatic rings. The van der Waals surface area contributed by atoms with Crippen LogP contribution in [0, 0.1) is 0 Å². The second kappa shape index (κ2) is 1.85. The van der Waals surface area contributed by atoms with Gasteiger partial charge in [0.15, 0.2) is 0 Å². The van der Waals surface area contributed by atoms with Crippen molar-refractivity contribution in [2.75, 3.05) is 13.8 Å². The van der Waals surface area contributed by atoms with Gasteiger partial charge in [-0.25, -0.2) is 0 Å². The third kappa shape index (κ3) is 4.31. The topological polar surface area (TPSA) is 49.7 Å². The molecule has 0 aromatic heterocycles. The number of hydrogen-bond acceptors (Lipinski definition) is 3. The summed E-state index contributed by atoms with van der Waals surface area (Å²) >= 11 is 0. The molecule has 0 amide bonds. The van der Waals surface area contributed by atoms with E-state index in [0.29, 0.717) is 0 Å². The zero-order valence-corrected chi connectivity index (χ0v) is 4.64. The number of hydrogen-bond donors (Lipinski definition) is 2. The van der Waals surface area contributed by atoms with Gasteiger partial charge in [0.2, 0.25) is 0 Å². The first-order chi connectivity index (χ1) is 2.56. The van der Waals surface area contributed by atoms with E-state index in [-0.39, 0.29) is 0 Å². The van der Waals surface area contributed by atoms with E-state index in [0.717, 1.165) is 0 Å². The van der Waals surface area contributed by atoms with Gasteiger partial charge in [0.05, 0.1) is 7.11 Å². The van der Waals surface area contributed by atoms with Crippen LogP contribution in [0.3, 0.4) is 0 Å². The Balaban J connectivity index is 3.17. The summed E-state index contributed by atoms with van der Waals surface area (Å²) in [6.45, 7) is 1.24. The van der Waals surface area contributed by atoms with Gasteiger partial charge in [-0.3, -0.25) is 0 Å². The van der Waals surface area contributed by atoms with Gasteiger partial charge in [-0.2, -0.15) is 14.3 Å². The van der Waals surface area contributed by atoms with Crippen LogP contribution in [0.1, 0.15) is 0 Å². The fourth-order valence-corrected chi connectivity index (χ4v) is 0. The molecule has 0 fully saturated rings. The van der Waals surface area contributed by atoms with E-state index in [9.17, 15) is 0 Å². The maximum Gasteiger partial charge on any atom is 0.402 e. The Morgan fingerprint density at radius 3 is 1.67 bits per heavy atom. The summed E-state index contributed by atoms with van der Waals surface area (Å²) in [6, 6.07) is 0. The van der Waals surface area contributed by atoms with Gasteiger partial charge in [0.1, 0.15) is 6.66 Å². The molecule has 0 spiro atoms. The lowest BCUT2D eigenvalue weighted by molar-refractivity contribution is 0.286. The van der Waals surface area contributed by atoms with Crippen LogP contribution in [0.25, 0.3) is 0 Å². The molecule has 0 radical (unpaired) electrons. The van der Waals surface area contributed by atoms with Crippen molar-refractivity contribution < 1.29 is 14.3 Å². The smallest absolute Gasteiger partial charge is 0.193 e. The van der Waals surface area contributed by atoms with Crippen LogP contribution in [0.2, 0.25) is 0 Å². The van der Waals surface area contributed by atoms with Gasteiger partial charge in [-0.05, 0) is 0 Å². The molecule has 0 aliphatic rings. The van der Waals surface area contributed by atoms with Gasteiger partial charge in [-0.15, -0.1) is 0 Å². The van der Waals surface area contributed by atoms with E-state index in [1.54, 1.807) is 0 Å². The molecule has 0 aliphatic heterocycles. The van der Waals surface area contributed by atoms with Crippen molar-refractivity contribution >= 4 is 7.94 Å². The monoisotopic (exact) mass is 111 g/mol. The summed E-state index contributed by atoms with van der Waals surface area (Å²) < 4.78 is 4.16. The van der Waals surface area contributed by atoms with Crippen LogP contribution in [-0.2, 0) is 4.52 Å². The average molecular weight is 111 g/mol. The van der Waals surface area contributed by atoms with Gasteiger partial charge in [0, 0.05) is 0 Å². The molecule has 0 bridgehead atoms. The average Bonchev–Trinajstić information content (AvgIpc) is 1.35. The molecule has 0 aromatic carbocycles. The molecule has 3 nitrogen and oxygen atoms in total. The molecular formula is C2H8O3P+. The Kier molecular flexibility index (Phi) is 1.94. The highest BCUT2D eigenvalue weighted by Gasteiger charge is 2.23. The minimum absolute atomic E-state index is 1.24. The second-order valence-electron chi connectivity index (χ2n) is 1.02. The Bertz CT molecular complexity index is 38.5. The van der Waals surface area contributed by atoms with Gasteiger partial charge in [0.25, 0.3) is 0 Å². The molecule has 0 aliphatic carbocycles. The van der Waals surface area contributed by atoms with E-state index in [1.807, 2.05) is 0 Å². The molecule has 0 heterocycles. The Morgan fingerprint density at radius 1 is 1.50 bits per heavy atom. The normalized spacial score (nSPS) is 12.0. The molecule has 0 saturated heterocycles. The quantitative estimate of drug-likeness (QED) is 0.468. The minimum atomic E-state index is -2.90. The van der Waals surface area contributed by atoms with E-state index >= 15 is 0 Å². The highest BCUT2D eigenvalue weighted by molar-refractivity contribution is 7.58. The van der Waals surface area contributed by atoms with Crippen molar-refractivity contribution in [3.05, 3.63) is 0 Å². The van der Waals surface area contributed by atoms with Crippen molar-refractivity contribution in [3.63, 3.8) is 0 Å². The summed E-state index contributed by atoms with van der Waals surface area (Å²) in [4.78, 5) is 16.5. The summed E-state index contributed by atoms with van der Waals surface area (Å²) in [5, 5.41) is 0. The SMILES string of the molecule is CO[P+](C)(O)O. The zero-order chi connectivity index (χ0) is 5.21. The Hall–Kier alpha value is 0.310. The molecule has 6 heavy (non-hydrogen) atoms. The molecule has 0 rings (SSSR count). The Labute approximate surface area is 37.2 Å². The van der Waals surface area contributed by atoms with Crippen LogP contribution in [0.5, 0.6) is 0 Å². The van der Waals surface area contributed by atoms with Gasteiger partial charge in [-0.1, -0.05) is 0 Å². The lowest BCUT2D eigenvalue weighted by atomic mass is 11.8.